The van der Waals surface area contributed by atoms with Crippen molar-refractivity contribution in [2.75, 3.05) is 19.6 Å². The first kappa shape index (κ1) is 20.2. The second-order valence-electron chi connectivity index (χ2n) is 6.90. The number of nitrogens with one attached hydrogen (secondary N) is 1. The summed E-state index contributed by atoms with van der Waals surface area (Å²) in [6, 6.07) is 10.2. The fourth-order valence-electron chi connectivity index (χ4n) is 4.00. The zero-order chi connectivity index (χ0) is 18.1. The number of ketones is 1. The van der Waals surface area contributed by atoms with Gasteiger partial charge in [0.25, 0.3) is 5.91 Å². The van der Waals surface area contributed by atoms with Gasteiger partial charge in [0.1, 0.15) is 5.69 Å². The number of aromatic amines is 1. The quantitative estimate of drug-likeness (QED) is 0.806. The Bertz CT molecular complexity index is 801. The molecule has 0 radical (unpaired) electrons. The molecule has 0 saturated carbocycles. The third-order valence-electron chi connectivity index (χ3n) is 5.26. The molecule has 2 heterocycles. The SMILES string of the molecule is CC(=O)c1c(C)[nH]c(C(=O)N2C[C@@H](CN)[C@H](c3ccccc3)C2)c1C.Cl. The van der Waals surface area contributed by atoms with Crippen molar-refractivity contribution in [2.45, 2.75) is 26.7 Å². The number of Topliss-reactive ketones (excluding diaryl/α,β-unsaturated/α-hetero) is 1. The maximum atomic E-state index is 13.0. The molecule has 1 amide bonds. The predicted molar refractivity (Wildman–Crippen MR) is 105 cm³/mol. The van der Waals surface area contributed by atoms with Gasteiger partial charge in [-0.1, -0.05) is 30.3 Å². The minimum absolute atomic E-state index is 0. The van der Waals surface area contributed by atoms with E-state index in [0.29, 0.717) is 30.9 Å². The molecule has 5 nitrogen and oxygen atoms in total. The molecule has 0 unspecified atom stereocenters. The number of nitrogens with two attached hydrogens (primary N) is 1. The number of nitrogens with zero attached hydrogens (tertiary/aromatic N) is 1. The second-order valence-corrected chi connectivity index (χ2v) is 6.90. The highest BCUT2D eigenvalue weighted by Crippen LogP contribution is 2.33. The first-order chi connectivity index (χ1) is 11.9. The van der Waals surface area contributed by atoms with Crippen molar-refractivity contribution in [2.24, 2.45) is 11.7 Å². The molecule has 6 heteroatoms. The standard InChI is InChI=1S/C20H25N3O2.ClH/c1-12-18(14(3)24)13(2)22-19(12)20(25)23-10-16(9-21)17(11-23)15-7-5-4-6-8-15;/h4-8,16-17,22H,9-11,21H2,1-3H3;1H/t16-,17+;/m1./s1. The number of carbonyl (C=O) groups is 2. The monoisotopic (exact) mass is 375 g/mol. The number of rotatable bonds is 4. The van der Waals surface area contributed by atoms with E-state index in [1.54, 1.807) is 0 Å². The molecular weight excluding hydrogens is 350 g/mol. The van der Waals surface area contributed by atoms with Crippen LogP contribution in [0.5, 0.6) is 0 Å². The van der Waals surface area contributed by atoms with Gasteiger partial charge in [-0.2, -0.15) is 0 Å². The molecule has 1 aliphatic heterocycles. The third kappa shape index (κ3) is 3.55. The molecule has 26 heavy (non-hydrogen) atoms. The molecule has 0 aliphatic carbocycles. The maximum absolute atomic E-state index is 13.0. The molecule has 0 bridgehead atoms. The Morgan fingerprint density at radius 2 is 1.85 bits per heavy atom. The average Bonchev–Trinajstić information content (AvgIpc) is 3.16. The summed E-state index contributed by atoms with van der Waals surface area (Å²) in [5.74, 6) is 0.424. The number of benzene rings is 1. The number of aromatic nitrogens is 1. The molecule has 1 saturated heterocycles. The maximum Gasteiger partial charge on any atom is 0.270 e. The molecule has 1 aromatic carbocycles. The van der Waals surface area contributed by atoms with Crippen molar-refractivity contribution in [1.82, 2.24) is 9.88 Å². The molecule has 3 rings (SSSR count). The van der Waals surface area contributed by atoms with Gasteiger partial charge in [0.05, 0.1) is 0 Å². The summed E-state index contributed by atoms with van der Waals surface area (Å²) in [4.78, 5) is 29.8. The number of amides is 1. The molecule has 2 atom stereocenters. The topological polar surface area (TPSA) is 79.2 Å². The van der Waals surface area contributed by atoms with E-state index in [-0.39, 0.29) is 35.9 Å². The largest absolute Gasteiger partial charge is 0.354 e. The lowest BCUT2D eigenvalue weighted by Crippen LogP contribution is -2.30. The summed E-state index contributed by atoms with van der Waals surface area (Å²) < 4.78 is 0. The van der Waals surface area contributed by atoms with Crippen LogP contribution in [-0.4, -0.2) is 41.2 Å². The van der Waals surface area contributed by atoms with E-state index in [4.69, 9.17) is 5.73 Å². The lowest BCUT2D eigenvalue weighted by molar-refractivity contribution is 0.0780. The minimum atomic E-state index is -0.0509. The van der Waals surface area contributed by atoms with Crippen molar-refractivity contribution >= 4 is 24.1 Å². The van der Waals surface area contributed by atoms with E-state index in [2.05, 4.69) is 17.1 Å². The number of hydrogen-bond acceptors (Lipinski definition) is 3. The number of halogens is 1. The summed E-state index contributed by atoms with van der Waals surface area (Å²) in [5.41, 5.74) is 9.82. The van der Waals surface area contributed by atoms with Crippen LogP contribution in [0.4, 0.5) is 0 Å². The molecule has 3 N–H and O–H groups in total. The number of H-pyrrole nitrogens is 1. The van der Waals surface area contributed by atoms with Crippen molar-refractivity contribution in [3.05, 3.63) is 58.4 Å². The van der Waals surface area contributed by atoms with Crippen LogP contribution < -0.4 is 5.73 Å². The average molecular weight is 376 g/mol. The predicted octanol–water partition coefficient (Wildman–Crippen LogP) is 3.07. The summed E-state index contributed by atoms with van der Waals surface area (Å²) in [5, 5.41) is 0. The van der Waals surface area contributed by atoms with Gasteiger partial charge in [-0.15, -0.1) is 12.4 Å². The fourth-order valence-corrected chi connectivity index (χ4v) is 4.00. The molecular formula is C20H26ClN3O2. The lowest BCUT2D eigenvalue weighted by Gasteiger charge is -2.17. The van der Waals surface area contributed by atoms with Crippen LogP contribution in [0.3, 0.4) is 0 Å². The molecule has 0 spiro atoms. The number of hydrogen-bond donors (Lipinski definition) is 2. The second kappa shape index (κ2) is 8.06. The highest BCUT2D eigenvalue weighted by Gasteiger charge is 2.36. The Morgan fingerprint density at radius 1 is 1.19 bits per heavy atom. The molecule has 1 aliphatic rings. The van der Waals surface area contributed by atoms with Crippen LogP contribution >= 0.6 is 12.4 Å². The van der Waals surface area contributed by atoms with Crippen LogP contribution in [-0.2, 0) is 0 Å². The molecule has 1 fully saturated rings. The molecule has 2 aromatic rings. The Labute approximate surface area is 160 Å². The van der Waals surface area contributed by atoms with E-state index in [0.717, 1.165) is 11.3 Å². The normalized spacial score (nSPS) is 19.3. The third-order valence-corrected chi connectivity index (χ3v) is 5.26. The van der Waals surface area contributed by atoms with Crippen LogP contribution in [0.2, 0.25) is 0 Å². The Morgan fingerprint density at radius 3 is 2.38 bits per heavy atom. The van der Waals surface area contributed by atoms with Crippen molar-refractivity contribution in [3.63, 3.8) is 0 Å². The Hall–Kier alpha value is -2.11. The Kier molecular flexibility index (Phi) is 6.26. The van der Waals surface area contributed by atoms with Crippen LogP contribution in [0.15, 0.2) is 30.3 Å². The van der Waals surface area contributed by atoms with Gasteiger partial charge in [-0.3, -0.25) is 9.59 Å². The van der Waals surface area contributed by atoms with Gasteiger partial charge in [0.15, 0.2) is 5.78 Å². The van der Waals surface area contributed by atoms with Crippen LogP contribution in [0.25, 0.3) is 0 Å². The van der Waals surface area contributed by atoms with E-state index in [1.165, 1.54) is 12.5 Å². The number of likely N-dealkylation sites (tertiary alicyclic amines) is 1. The zero-order valence-corrected chi connectivity index (χ0v) is 16.2. The van der Waals surface area contributed by atoms with Gasteiger partial charge >= 0.3 is 0 Å². The number of carbonyl (C=O) groups excluding carboxylic acids is 2. The Balaban J connectivity index is 0.00000243. The highest BCUT2D eigenvalue weighted by atomic mass is 35.5. The zero-order valence-electron chi connectivity index (χ0n) is 15.4. The fraction of sp³-hybridized carbons (Fsp3) is 0.400. The lowest BCUT2D eigenvalue weighted by atomic mass is 9.89. The van der Waals surface area contributed by atoms with Crippen molar-refractivity contribution < 1.29 is 9.59 Å². The summed E-state index contributed by atoms with van der Waals surface area (Å²) in [6.45, 7) is 7.03. The molecule has 140 valence electrons. The summed E-state index contributed by atoms with van der Waals surface area (Å²) in [6.07, 6.45) is 0. The summed E-state index contributed by atoms with van der Waals surface area (Å²) >= 11 is 0. The van der Waals surface area contributed by atoms with Gasteiger partial charge in [0, 0.05) is 30.3 Å². The van der Waals surface area contributed by atoms with E-state index in [1.807, 2.05) is 36.9 Å². The van der Waals surface area contributed by atoms with Crippen molar-refractivity contribution in [1.29, 1.82) is 0 Å². The van der Waals surface area contributed by atoms with Gasteiger partial charge in [0.2, 0.25) is 0 Å². The van der Waals surface area contributed by atoms with E-state index < -0.39 is 0 Å². The minimum Gasteiger partial charge on any atom is -0.354 e. The van der Waals surface area contributed by atoms with Gasteiger partial charge in [-0.25, -0.2) is 0 Å². The van der Waals surface area contributed by atoms with Gasteiger partial charge in [-0.05, 0) is 44.4 Å². The smallest absolute Gasteiger partial charge is 0.270 e. The first-order valence-corrected chi connectivity index (χ1v) is 8.68. The molecule has 1 aromatic heterocycles. The van der Waals surface area contributed by atoms with Crippen LogP contribution in [0.1, 0.15) is 50.5 Å². The highest BCUT2D eigenvalue weighted by molar-refractivity contribution is 6.02. The van der Waals surface area contributed by atoms with E-state index in [9.17, 15) is 9.59 Å². The van der Waals surface area contributed by atoms with E-state index >= 15 is 0 Å². The van der Waals surface area contributed by atoms with Crippen molar-refractivity contribution in [3.8, 4) is 0 Å². The first-order valence-electron chi connectivity index (χ1n) is 8.68. The van der Waals surface area contributed by atoms with Crippen LogP contribution in [0, 0.1) is 19.8 Å². The van der Waals surface area contributed by atoms with Gasteiger partial charge < -0.3 is 15.6 Å². The summed E-state index contributed by atoms with van der Waals surface area (Å²) in [7, 11) is 0. The number of aryl methyl sites for hydroxylation is 1.